The quantitative estimate of drug-likeness (QED) is 0.783. The number of carbonyl (C=O) groups excluding carboxylic acids is 1. The summed E-state index contributed by atoms with van der Waals surface area (Å²) in [6, 6.07) is 9.77. The molecule has 0 bridgehead atoms. The van der Waals surface area contributed by atoms with Crippen molar-refractivity contribution in [1.82, 2.24) is 0 Å². The lowest BCUT2D eigenvalue weighted by Gasteiger charge is -2.01. The summed E-state index contributed by atoms with van der Waals surface area (Å²) in [5.41, 5.74) is 0.935. The van der Waals surface area contributed by atoms with Crippen LogP contribution in [0.2, 0.25) is 0 Å². The van der Waals surface area contributed by atoms with E-state index >= 15 is 0 Å². The maximum absolute atomic E-state index is 11.7. The van der Waals surface area contributed by atoms with Gasteiger partial charge in [-0.15, -0.1) is 11.8 Å². The minimum Gasteiger partial charge on any atom is -0.472 e. The number of hydrogen-bond donors (Lipinski definition) is 0. The second kappa shape index (κ2) is 6.07. The Morgan fingerprint density at radius 2 is 2.24 bits per heavy atom. The molecular weight excluding hydrogens is 300 g/mol. The Morgan fingerprint density at radius 3 is 2.94 bits per heavy atom. The Bertz CT molecular complexity index is 494. The van der Waals surface area contributed by atoms with Crippen molar-refractivity contribution in [1.29, 1.82) is 0 Å². The zero-order chi connectivity index (χ0) is 12.1. The van der Waals surface area contributed by atoms with Crippen LogP contribution in [0.1, 0.15) is 5.56 Å². The molecule has 0 aliphatic heterocycles. The van der Waals surface area contributed by atoms with Crippen molar-refractivity contribution in [2.45, 2.75) is 11.3 Å². The molecule has 1 aromatic carbocycles. The minimum absolute atomic E-state index is 0.205. The number of benzene rings is 1. The van der Waals surface area contributed by atoms with Gasteiger partial charge < -0.3 is 4.42 Å². The first-order chi connectivity index (χ1) is 8.24. The van der Waals surface area contributed by atoms with Crippen LogP contribution in [0.15, 0.2) is 56.6 Å². The van der Waals surface area contributed by atoms with Gasteiger partial charge in [0.2, 0.25) is 0 Å². The normalized spacial score (nSPS) is 10.4. The van der Waals surface area contributed by atoms with Crippen LogP contribution in [0.3, 0.4) is 0 Å². The molecule has 0 aliphatic rings. The van der Waals surface area contributed by atoms with E-state index < -0.39 is 0 Å². The smallest absolute Gasteiger partial charge is 0.147 e. The van der Waals surface area contributed by atoms with Crippen molar-refractivity contribution in [2.24, 2.45) is 0 Å². The first-order valence-electron chi connectivity index (χ1n) is 5.15. The lowest BCUT2D eigenvalue weighted by atomic mass is 10.2. The third-order valence-corrected chi connectivity index (χ3v) is 3.72. The van der Waals surface area contributed by atoms with Gasteiger partial charge in [-0.3, -0.25) is 4.79 Å². The molecule has 0 amide bonds. The number of Topliss-reactive ketones (excluding diaryl/α,β-unsaturated/α-hetero) is 1. The van der Waals surface area contributed by atoms with Gasteiger partial charge in [0.1, 0.15) is 5.78 Å². The topological polar surface area (TPSA) is 30.2 Å². The molecule has 0 saturated carbocycles. The average Bonchev–Trinajstić information content (AvgIpc) is 2.79. The minimum atomic E-state index is 0.205. The van der Waals surface area contributed by atoms with E-state index in [9.17, 15) is 4.79 Å². The second-order valence-corrected chi connectivity index (χ2v) is 5.56. The van der Waals surface area contributed by atoms with E-state index in [1.54, 1.807) is 24.3 Å². The van der Waals surface area contributed by atoms with Crippen molar-refractivity contribution in [2.75, 3.05) is 5.75 Å². The number of ketones is 1. The molecule has 1 heterocycles. The molecule has 0 saturated heterocycles. The molecule has 0 unspecified atom stereocenters. The lowest BCUT2D eigenvalue weighted by Crippen LogP contribution is -2.04. The highest BCUT2D eigenvalue weighted by molar-refractivity contribution is 9.10. The number of carbonyl (C=O) groups is 1. The van der Waals surface area contributed by atoms with E-state index in [1.807, 2.05) is 30.3 Å². The lowest BCUT2D eigenvalue weighted by molar-refractivity contribution is -0.116. The van der Waals surface area contributed by atoms with Gasteiger partial charge in [0.25, 0.3) is 0 Å². The molecule has 4 heteroatoms. The number of furan rings is 1. The molecule has 0 atom stereocenters. The first-order valence-corrected chi connectivity index (χ1v) is 6.93. The molecule has 0 fully saturated rings. The number of hydrogen-bond acceptors (Lipinski definition) is 3. The monoisotopic (exact) mass is 310 g/mol. The molecule has 2 nitrogen and oxygen atoms in total. The van der Waals surface area contributed by atoms with Crippen LogP contribution in [0, 0.1) is 0 Å². The van der Waals surface area contributed by atoms with Crippen molar-refractivity contribution in [3.8, 4) is 0 Å². The van der Waals surface area contributed by atoms with E-state index in [4.69, 9.17) is 4.42 Å². The van der Waals surface area contributed by atoms with Gasteiger partial charge in [0.15, 0.2) is 0 Å². The van der Waals surface area contributed by atoms with Crippen LogP contribution in [0.25, 0.3) is 0 Å². The van der Waals surface area contributed by atoms with Gasteiger partial charge in [-0.05, 0) is 29.8 Å². The molecular formula is C13H11BrO2S. The fraction of sp³-hybridized carbons (Fsp3) is 0.154. The number of halogens is 1. The van der Waals surface area contributed by atoms with Crippen molar-refractivity contribution < 1.29 is 9.21 Å². The fourth-order valence-electron chi connectivity index (χ4n) is 1.39. The van der Waals surface area contributed by atoms with Crippen LogP contribution in [-0.2, 0) is 11.2 Å². The Kier molecular flexibility index (Phi) is 4.45. The predicted molar refractivity (Wildman–Crippen MR) is 72.3 cm³/mol. The van der Waals surface area contributed by atoms with Crippen molar-refractivity contribution in [3.05, 3.63) is 52.9 Å². The van der Waals surface area contributed by atoms with E-state index in [0.717, 1.165) is 14.9 Å². The molecule has 0 N–H and O–H groups in total. The molecule has 0 radical (unpaired) electrons. The molecule has 1 aromatic heterocycles. The van der Waals surface area contributed by atoms with Crippen LogP contribution < -0.4 is 0 Å². The largest absolute Gasteiger partial charge is 0.472 e. The van der Waals surface area contributed by atoms with Gasteiger partial charge in [-0.25, -0.2) is 0 Å². The summed E-state index contributed by atoms with van der Waals surface area (Å²) in [7, 11) is 0. The molecule has 2 aromatic rings. The third kappa shape index (κ3) is 4.06. The van der Waals surface area contributed by atoms with Crippen molar-refractivity contribution in [3.63, 3.8) is 0 Å². The van der Waals surface area contributed by atoms with E-state index in [0.29, 0.717) is 12.2 Å². The molecule has 2 rings (SSSR count). The molecule has 0 spiro atoms. The Hall–Kier alpha value is -1.00. The highest BCUT2D eigenvalue weighted by Crippen LogP contribution is 2.22. The zero-order valence-corrected chi connectivity index (χ0v) is 11.5. The fourth-order valence-corrected chi connectivity index (χ4v) is 2.76. The van der Waals surface area contributed by atoms with Crippen LogP contribution in [0.5, 0.6) is 0 Å². The Morgan fingerprint density at radius 1 is 1.35 bits per heavy atom. The van der Waals surface area contributed by atoms with Crippen molar-refractivity contribution >= 4 is 33.5 Å². The third-order valence-electron chi connectivity index (χ3n) is 2.18. The molecule has 0 aliphatic carbocycles. The van der Waals surface area contributed by atoms with E-state index in [-0.39, 0.29) is 5.78 Å². The summed E-state index contributed by atoms with van der Waals surface area (Å²) in [6.07, 6.45) is 3.64. The van der Waals surface area contributed by atoms with Crippen LogP contribution in [-0.4, -0.2) is 11.5 Å². The van der Waals surface area contributed by atoms with E-state index in [1.165, 1.54) is 0 Å². The highest BCUT2D eigenvalue weighted by Gasteiger charge is 2.05. The summed E-state index contributed by atoms with van der Waals surface area (Å²) in [6.45, 7) is 0. The van der Waals surface area contributed by atoms with Crippen LogP contribution >= 0.6 is 27.7 Å². The summed E-state index contributed by atoms with van der Waals surface area (Å²) >= 11 is 4.96. The number of thioether (sulfide) groups is 1. The Labute approximate surface area is 113 Å². The molecule has 88 valence electrons. The average molecular weight is 311 g/mol. The summed E-state index contributed by atoms with van der Waals surface area (Å²) in [5, 5.41) is 0. The van der Waals surface area contributed by atoms with Gasteiger partial charge in [0.05, 0.1) is 18.3 Å². The Balaban J connectivity index is 1.84. The summed E-state index contributed by atoms with van der Waals surface area (Å²) in [5.74, 6) is 0.693. The maximum atomic E-state index is 11.7. The predicted octanol–water partition coefficient (Wildman–Crippen LogP) is 3.95. The first kappa shape index (κ1) is 12.5. The molecule has 17 heavy (non-hydrogen) atoms. The van der Waals surface area contributed by atoms with Gasteiger partial charge in [-0.1, -0.05) is 22.0 Å². The van der Waals surface area contributed by atoms with Gasteiger partial charge in [-0.2, -0.15) is 0 Å². The summed E-state index contributed by atoms with van der Waals surface area (Å²) < 4.78 is 5.96. The van der Waals surface area contributed by atoms with Crippen LogP contribution in [0.4, 0.5) is 0 Å². The maximum Gasteiger partial charge on any atom is 0.147 e. The van der Waals surface area contributed by atoms with Gasteiger partial charge in [0, 0.05) is 15.8 Å². The number of rotatable bonds is 5. The highest BCUT2D eigenvalue weighted by atomic mass is 79.9. The summed E-state index contributed by atoms with van der Waals surface area (Å²) in [4.78, 5) is 12.8. The zero-order valence-electron chi connectivity index (χ0n) is 9.06. The van der Waals surface area contributed by atoms with E-state index in [2.05, 4.69) is 15.9 Å². The van der Waals surface area contributed by atoms with Gasteiger partial charge >= 0.3 is 0 Å². The second-order valence-electron chi connectivity index (χ2n) is 3.59. The SMILES string of the molecule is O=C(CSc1cccc(Br)c1)Cc1ccoc1. The standard InChI is InChI=1S/C13H11BrO2S/c14-11-2-1-3-13(7-11)17-9-12(15)6-10-4-5-16-8-10/h1-5,7-8H,6,9H2.